The summed E-state index contributed by atoms with van der Waals surface area (Å²) in [6.07, 6.45) is 7.79. The van der Waals surface area contributed by atoms with E-state index in [2.05, 4.69) is 37.8 Å². The summed E-state index contributed by atoms with van der Waals surface area (Å²) >= 11 is 0. The van der Waals surface area contributed by atoms with Gasteiger partial charge in [0.25, 0.3) is 10.1 Å². The zero-order chi connectivity index (χ0) is 30.9. The third kappa shape index (κ3) is 7.86. The smallest absolute Gasteiger partial charge is 0.344 e. The lowest BCUT2D eigenvalue weighted by Crippen LogP contribution is -2.45. The molecule has 0 spiro atoms. The number of ether oxygens (including phenoxy) is 1. The van der Waals surface area contributed by atoms with Gasteiger partial charge in [-0.05, 0) is 72.1 Å². The highest BCUT2D eigenvalue weighted by atomic mass is 32.2. The van der Waals surface area contributed by atoms with Crippen molar-refractivity contribution in [2.45, 2.75) is 84.9 Å². The van der Waals surface area contributed by atoms with Gasteiger partial charge in [0.1, 0.15) is 17.7 Å². The summed E-state index contributed by atoms with van der Waals surface area (Å²) < 4.78 is 43.9. The summed E-state index contributed by atoms with van der Waals surface area (Å²) in [6, 6.07) is 9.50. The van der Waals surface area contributed by atoms with Crippen LogP contribution in [0.1, 0.15) is 72.8 Å². The van der Waals surface area contributed by atoms with E-state index in [1.165, 1.54) is 0 Å². The zero-order valence-corrected chi connectivity index (χ0v) is 26.1. The van der Waals surface area contributed by atoms with Gasteiger partial charge in [-0.1, -0.05) is 6.08 Å². The summed E-state index contributed by atoms with van der Waals surface area (Å²) in [6.45, 7) is 13.2. The Bertz CT molecular complexity index is 1660. The Balaban J connectivity index is 1.57. The Morgan fingerprint density at radius 1 is 1.07 bits per heavy atom. The molecule has 0 fully saturated rings. The Kier molecular flexibility index (Phi) is 8.99. The molecule has 42 heavy (non-hydrogen) atoms. The molecule has 0 saturated carbocycles. The van der Waals surface area contributed by atoms with Crippen molar-refractivity contribution in [3.05, 3.63) is 64.8 Å². The van der Waals surface area contributed by atoms with E-state index in [-0.39, 0.29) is 17.3 Å². The van der Waals surface area contributed by atoms with Crippen molar-refractivity contribution in [3.8, 4) is 11.1 Å². The van der Waals surface area contributed by atoms with Gasteiger partial charge in [-0.2, -0.15) is 8.42 Å². The number of carbonyl (C=O) groups is 1. The second-order valence-corrected chi connectivity index (χ2v) is 14.1. The van der Waals surface area contributed by atoms with Crippen LogP contribution in [0.4, 0.5) is 5.69 Å². The fourth-order valence-electron chi connectivity index (χ4n) is 5.44. The first-order chi connectivity index (χ1) is 19.5. The van der Waals surface area contributed by atoms with Crippen LogP contribution in [0, 0.1) is 0 Å². The summed E-state index contributed by atoms with van der Waals surface area (Å²) in [7, 11) is -3.95. The number of esters is 1. The van der Waals surface area contributed by atoms with Gasteiger partial charge >= 0.3 is 11.6 Å². The van der Waals surface area contributed by atoms with E-state index in [1.807, 2.05) is 62.0 Å². The van der Waals surface area contributed by atoms with Gasteiger partial charge < -0.3 is 14.1 Å². The average Bonchev–Trinajstić information content (AvgIpc) is 2.86. The number of carbonyl (C=O) groups excluding carboxylic acids is 1. The summed E-state index contributed by atoms with van der Waals surface area (Å²) in [4.78, 5) is 27.6. The SMILES string of the molecule is CC1=CC(C)(C)N(CCCC(=O)OC(C)(C)C)c2cc3oc(=O)c(-c4cc[n+](CCCCS(=O)(=O)O)cc4)cc3cc21. The quantitative estimate of drug-likeness (QED) is 0.106. The third-order valence-electron chi connectivity index (χ3n) is 7.28. The molecule has 4 rings (SSSR count). The molecule has 2 aromatic heterocycles. The number of aryl methyl sites for hydroxylation is 1. The third-order valence-corrected chi connectivity index (χ3v) is 8.09. The highest BCUT2D eigenvalue weighted by Gasteiger charge is 2.32. The number of hydrogen-bond donors (Lipinski definition) is 1. The predicted octanol–water partition coefficient (Wildman–Crippen LogP) is 5.54. The Labute approximate surface area is 247 Å². The maximum atomic E-state index is 13.1. The van der Waals surface area contributed by atoms with Crippen LogP contribution >= 0.6 is 0 Å². The van der Waals surface area contributed by atoms with Gasteiger partial charge in [-0.3, -0.25) is 9.35 Å². The first-order valence-corrected chi connectivity index (χ1v) is 15.9. The summed E-state index contributed by atoms with van der Waals surface area (Å²) in [5.41, 5.74) is 3.55. The molecular formula is C32H41N2O7S+. The van der Waals surface area contributed by atoms with Gasteiger partial charge in [0.15, 0.2) is 12.4 Å². The number of fused-ring (bicyclic) bond motifs is 2. The lowest BCUT2D eigenvalue weighted by molar-refractivity contribution is -0.697. The van der Waals surface area contributed by atoms with E-state index < -0.39 is 21.3 Å². The molecule has 1 aromatic carbocycles. The molecule has 10 heteroatoms. The maximum absolute atomic E-state index is 13.1. The largest absolute Gasteiger partial charge is 0.460 e. The fraction of sp³-hybridized carbons (Fsp3) is 0.469. The molecule has 0 saturated heterocycles. The molecule has 1 aliphatic rings. The van der Waals surface area contributed by atoms with E-state index in [0.717, 1.165) is 27.8 Å². The number of hydrogen-bond acceptors (Lipinski definition) is 7. The number of rotatable bonds is 10. The minimum absolute atomic E-state index is 0.218. The second-order valence-electron chi connectivity index (χ2n) is 12.5. The first-order valence-electron chi connectivity index (χ1n) is 14.3. The molecule has 0 atom stereocenters. The average molecular weight is 598 g/mol. The van der Waals surface area contributed by atoms with Crippen LogP contribution < -0.4 is 15.1 Å². The highest BCUT2D eigenvalue weighted by Crippen LogP contribution is 2.41. The van der Waals surface area contributed by atoms with Gasteiger partial charge in [0, 0.05) is 59.8 Å². The molecule has 0 unspecified atom stereocenters. The Morgan fingerprint density at radius 2 is 1.74 bits per heavy atom. The van der Waals surface area contributed by atoms with Gasteiger partial charge in [-0.25, -0.2) is 9.36 Å². The number of pyridine rings is 1. The van der Waals surface area contributed by atoms with Gasteiger partial charge in [-0.15, -0.1) is 0 Å². The normalized spacial score (nSPS) is 14.9. The number of aromatic nitrogens is 1. The number of allylic oxidation sites excluding steroid dienone is 1. The Morgan fingerprint density at radius 3 is 2.38 bits per heavy atom. The van der Waals surface area contributed by atoms with Crippen LogP contribution in [0.5, 0.6) is 0 Å². The minimum atomic E-state index is -3.95. The van der Waals surface area contributed by atoms with E-state index in [4.69, 9.17) is 13.7 Å². The maximum Gasteiger partial charge on any atom is 0.344 e. The lowest BCUT2D eigenvalue weighted by Gasteiger charge is -2.43. The van der Waals surface area contributed by atoms with Crippen molar-refractivity contribution in [2.75, 3.05) is 17.2 Å². The first kappa shape index (κ1) is 31.4. The number of benzene rings is 1. The molecule has 0 bridgehead atoms. The van der Waals surface area contributed by atoms with Gasteiger partial charge in [0.2, 0.25) is 0 Å². The van der Waals surface area contributed by atoms with E-state index in [9.17, 15) is 18.0 Å². The minimum Gasteiger partial charge on any atom is -0.460 e. The van der Waals surface area contributed by atoms with Crippen LogP contribution in [0.15, 0.2) is 58.0 Å². The molecule has 226 valence electrons. The molecule has 3 aromatic rings. The molecular weight excluding hydrogens is 556 g/mol. The predicted molar refractivity (Wildman–Crippen MR) is 164 cm³/mol. The topological polar surface area (TPSA) is 118 Å². The van der Waals surface area contributed by atoms with E-state index in [1.54, 1.807) is 0 Å². The monoisotopic (exact) mass is 597 g/mol. The van der Waals surface area contributed by atoms with E-state index >= 15 is 0 Å². The van der Waals surface area contributed by atoms with Crippen molar-refractivity contribution < 1.29 is 31.5 Å². The summed E-state index contributed by atoms with van der Waals surface area (Å²) in [5.74, 6) is -0.478. The molecule has 0 amide bonds. The van der Waals surface area contributed by atoms with Crippen LogP contribution in [-0.2, 0) is 26.2 Å². The number of anilines is 1. The van der Waals surface area contributed by atoms with Crippen LogP contribution in [0.2, 0.25) is 0 Å². The number of unbranched alkanes of at least 4 members (excludes halogenated alkanes) is 1. The fourth-order valence-corrected chi connectivity index (χ4v) is 6.01. The zero-order valence-electron chi connectivity index (χ0n) is 25.3. The van der Waals surface area contributed by atoms with Crippen molar-refractivity contribution in [1.82, 2.24) is 0 Å². The molecule has 0 radical (unpaired) electrons. The second kappa shape index (κ2) is 12.0. The van der Waals surface area contributed by atoms with Crippen LogP contribution in [0.25, 0.3) is 27.7 Å². The van der Waals surface area contributed by atoms with Crippen molar-refractivity contribution in [3.63, 3.8) is 0 Å². The molecule has 3 heterocycles. The summed E-state index contributed by atoms with van der Waals surface area (Å²) in [5, 5.41) is 0.812. The van der Waals surface area contributed by atoms with Crippen LogP contribution in [0.3, 0.4) is 0 Å². The van der Waals surface area contributed by atoms with Crippen molar-refractivity contribution in [2.24, 2.45) is 0 Å². The standard InChI is InChI=1S/C32H40N2O7S/c1-22-21-32(5,6)34(14-9-10-29(35)41-31(2,3)4)27-20-28-24(18-25(22)27)19-26(30(36)40-28)23-11-15-33(16-12-23)13-7-8-17-42(37,38)39/h11-12,15-16,18-21H,7-10,13-14,17H2,1-6H3/p+1. The van der Waals surface area contributed by atoms with Crippen molar-refractivity contribution >= 4 is 38.3 Å². The molecule has 9 nitrogen and oxygen atoms in total. The van der Waals surface area contributed by atoms with Crippen molar-refractivity contribution in [1.29, 1.82) is 0 Å². The van der Waals surface area contributed by atoms with Crippen LogP contribution in [-0.4, -0.2) is 42.4 Å². The molecule has 0 aliphatic carbocycles. The molecule has 1 N–H and O–H groups in total. The number of nitrogens with zero attached hydrogens (tertiary/aromatic N) is 2. The molecule has 1 aliphatic heterocycles. The Hall–Kier alpha value is -3.50. The van der Waals surface area contributed by atoms with E-state index in [0.29, 0.717) is 49.9 Å². The van der Waals surface area contributed by atoms with Gasteiger partial charge in [0.05, 0.1) is 16.9 Å². The lowest BCUT2D eigenvalue weighted by atomic mass is 9.87. The highest BCUT2D eigenvalue weighted by molar-refractivity contribution is 7.85.